The van der Waals surface area contributed by atoms with Gasteiger partial charge in [-0.25, -0.2) is 9.78 Å². The van der Waals surface area contributed by atoms with Gasteiger partial charge in [0.2, 0.25) is 5.95 Å². The Morgan fingerprint density at radius 2 is 2.25 bits per heavy atom. The van der Waals surface area contributed by atoms with E-state index in [1.807, 2.05) is 18.4 Å². The number of H-pyrrole nitrogens is 1. The van der Waals surface area contributed by atoms with E-state index >= 15 is 0 Å². The highest BCUT2D eigenvalue weighted by Crippen LogP contribution is 2.16. The Balaban J connectivity index is 1.99. The van der Waals surface area contributed by atoms with Gasteiger partial charge in [-0.05, 0) is 30.9 Å². The van der Waals surface area contributed by atoms with Crippen molar-refractivity contribution in [3.05, 3.63) is 43.5 Å². The molecule has 0 aliphatic heterocycles. The molecule has 2 heterocycles. The van der Waals surface area contributed by atoms with Gasteiger partial charge < -0.3 is 10.5 Å². The van der Waals surface area contributed by atoms with Crippen LogP contribution in [0.4, 0.5) is 5.95 Å². The summed E-state index contributed by atoms with van der Waals surface area (Å²) in [5.74, 6) is -0.280. The SMILES string of the molecule is Cc1ccsc1C(=O)OCCc1c(C)nc(N)[nH]c1=O. The summed E-state index contributed by atoms with van der Waals surface area (Å²) >= 11 is 1.34. The van der Waals surface area contributed by atoms with Gasteiger partial charge in [0.15, 0.2) is 0 Å². The van der Waals surface area contributed by atoms with Gasteiger partial charge in [-0.15, -0.1) is 11.3 Å². The van der Waals surface area contributed by atoms with Gasteiger partial charge in [0.05, 0.1) is 12.3 Å². The fraction of sp³-hybridized carbons (Fsp3) is 0.308. The van der Waals surface area contributed by atoms with Crippen molar-refractivity contribution in [2.45, 2.75) is 20.3 Å². The quantitative estimate of drug-likeness (QED) is 0.831. The number of anilines is 1. The molecule has 2 aromatic rings. The van der Waals surface area contributed by atoms with Crippen molar-refractivity contribution in [1.29, 1.82) is 0 Å². The monoisotopic (exact) mass is 293 g/mol. The van der Waals surface area contributed by atoms with Crippen molar-refractivity contribution in [3.63, 3.8) is 0 Å². The Morgan fingerprint density at radius 1 is 1.50 bits per heavy atom. The van der Waals surface area contributed by atoms with Gasteiger partial charge >= 0.3 is 5.97 Å². The molecule has 6 nitrogen and oxygen atoms in total. The van der Waals surface area contributed by atoms with Crippen LogP contribution in [0.2, 0.25) is 0 Å². The number of nitrogens with zero attached hydrogens (tertiary/aromatic N) is 1. The minimum absolute atomic E-state index is 0.0856. The summed E-state index contributed by atoms with van der Waals surface area (Å²) in [6.07, 6.45) is 0.310. The van der Waals surface area contributed by atoms with Crippen LogP contribution in [0.15, 0.2) is 16.2 Å². The molecule has 0 saturated carbocycles. The summed E-state index contributed by atoms with van der Waals surface area (Å²) in [5, 5.41) is 1.84. The number of rotatable bonds is 4. The van der Waals surface area contributed by atoms with Crippen LogP contribution in [0.25, 0.3) is 0 Å². The number of aromatic amines is 1. The van der Waals surface area contributed by atoms with Crippen LogP contribution in [0.5, 0.6) is 0 Å². The lowest BCUT2D eigenvalue weighted by Crippen LogP contribution is -2.20. The number of nitrogens with two attached hydrogens (primary N) is 1. The molecule has 0 aliphatic carbocycles. The van der Waals surface area contributed by atoms with E-state index in [-0.39, 0.29) is 24.1 Å². The van der Waals surface area contributed by atoms with Gasteiger partial charge in [0.1, 0.15) is 4.88 Å². The van der Waals surface area contributed by atoms with Crippen LogP contribution in [-0.2, 0) is 11.2 Å². The highest BCUT2D eigenvalue weighted by Gasteiger charge is 2.13. The molecule has 106 valence electrons. The third kappa shape index (κ3) is 3.05. The summed E-state index contributed by atoms with van der Waals surface area (Å²) in [5.41, 5.74) is 7.07. The largest absolute Gasteiger partial charge is 0.461 e. The maximum atomic E-state index is 11.8. The molecule has 0 radical (unpaired) electrons. The fourth-order valence-electron chi connectivity index (χ4n) is 1.82. The normalized spacial score (nSPS) is 10.5. The predicted molar refractivity (Wildman–Crippen MR) is 77.0 cm³/mol. The predicted octanol–water partition coefficient (Wildman–Crippen LogP) is 1.43. The number of nitrogen functional groups attached to an aromatic ring is 1. The Hall–Kier alpha value is -2.15. The molecule has 0 bridgehead atoms. The molecule has 0 atom stereocenters. The van der Waals surface area contributed by atoms with E-state index in [2.05, 4.69) is 9.97 Å². The average Bonchev–Trinajstić information content (AvgIpc) is 2.78. The molecule has 0 unspecified atom stereocenters. The van der Waals surface area contributed by atoms with Gasteiger partial charge in [-0.3, -0.25) is 9.78 Å². The van der Waals surface area contributed by atoms with E-state index in [0.717, 1.165) is 5.56 Å². The van der Waals surface area contributed by atoms with Crippen molar-refractivity contribution < 1.29 is 9.53 Å². The molecule has 0 spiro atoms. The van der Waals surface area contributed by atoms with Crippen molar-refractivity contribution >= 4 is 23.3 Å². The fourth-order valence-corrected chi connectivity index (χ4v) is 2.64. The first-order chi connectivity index (χ1) is 9.49. The zero-order valence-corrected chi connectivity index (χ0v) is 12.0. The van der Waals surface area contributed by atoms with Crippen LogP contribution < -0.4 is 11.3 Å². The minimum atomic E-state index is -0.366. The molecule has 20 heavy (non-hydrogen) atoms. The zero-order valence-electron chi connectivity index (χ0n) is 11.2. The summed E-state index contributed by atoms with van der Waals surface area (Å²) in [7, 11) is 0. The van der Waals surface area contributed by atoms with Gasteiger partial charge in [-0.2, -0.15) is 0 Å². The lowest BCUT2D eigenvalue weighted by molar-refractivity contribution is 0.0513. The molecule has 0 aliphatic rings. The van der Waals surface area contributed by atoms with E-state index < -0.39 is 0 Å². The van der Waals surface area contributed by atoms with Crippen molar-refractivity contribution in [1.82, 2.24) is 9.97 Å². The van der Waals surface area contributed by atoms with Gasteiger partial charge in [0.25, 0.3) is 5.56 Å². The second kappa shape index (κ2) is 5.87. The standard InChI is InChI=1S/C13H15N3O3S/c1-7-4-6-20-10(7)12(18)19-5-3-9-8(2)15-13(14)16-11(9)17/h4,6H,3,5H2,1-2H3,(H3,14,15,16,17). The van der Waals surface area contributed by atoms with E-state index in [0.29, 0.717) is 22.6 Å². The Labute approximate surface area is 119 Å². The van der Waals surface area contributed by atoms with Crippen LogP contribution >= 0.6 is 11.3 Å². The first kappa shape index (κ1) is 14.3. The van der Waals surface area contributed by atoms with Gasteiger partial charge in [-0.1, -0.05) is 0 Å². The number of aromatic nitrogens is 2. The number of nitrogens with one attached hydrogen (secondary N) is 1. The first-order valence-electron chi connectivity index (χ1n) is 6.05. The van der Waals surface area contributed by atoms with E-state index in [9.17, 15) is 9.59 Å². The number of carbonyl (C=O) groups is 1. The highest BCUT2D eigenvalue weighted by molar-refractivity contribution is 7.12. The molecule has 2 aromatic heterocycles. The van der Waals surface area contributed by atoms with Crippen molar-refractivity contribution in [2.75, 3.05) is 12.3 Å². The number of hydrogen-bond donors (Lipinski definition) is 2. The lowest BCUT2D eigenvalue weighted by atomic mass is 10.2. The molecule has 3 N–H and O–H groups in total. The summed E-state index contributed by atoms with van der Waals surface area (Å²) in [6, 6.07) is 1.86. The maximum absolute atomic E-state index is 11.8. The molecule has 0 fully saturated rings. The average molecular weight is 293 g/mol. The number of aryl methyl sites for hydroxylation is 2. The second-order valence-corrected chi connectivity index (χ2v) is 5.25. The summed E-state index contributed by atoms with van der Waals surface area (Å²) in [4.78, 5) is 30.5. The minimum Gasteiger partial charge on any atom is -0.461 e. The van der Waals surface area contributed by atoms with Gasteiger partial charge in [0, 0.05) is 12.0 Å². The van der Waals surface area contributed by atoms with Crippen LogP contribution in [0.1, 0.15) is 26.5 Å². The van der Waals surface area contributed by atoms with Crippen LogP contribution in [-0.4, -0.2) is 22.5 Å². The number of thiophene rings is 1. The zero-order chi connectivity index (χ0) is 14.7. The molecular weight excluding hydrogens is 278 g/mol. The second-order valence-electron chi connectivity index (χ2n) is 4.33. The molecule has 0 amide bonds. The number of carbonyl (C=O) groups excluding carboxylic acids is 1. The Bertz CT molecular complexity index is 690. The number of esters is 1. The lowest BCUT2D eigenvalue weighted by Gasteiger charge is -2.06. The van der Waals surface area contributed by atoms with Crippen LogP contribution in [0.3, 0.4) is 0 Å². The number of ether oxygens (including phenoxy) is 1. The molecule has 0 saturated heterocycles. The van der Waals surface area contributed by atoms with E-state index in [1.54, 1.807) is 6.92 Å². The third-order valence-corrected chi connectivity index (χ3v) is 3.87. The first-order valence-corrected chi connectivity index (χ1v) is 6.93. The topological polar surface area (TPSA) is 98.1 Å². The smallest absolute Gasteiger partial charge is 0.348 e. The third-order valence-electron chi connectivity index (χ3n) is 2.87. The van der Waals surface area contributed by atoms with Crippen molar-refractivity contribution in [2.24, 2.45) is 0 Å². The molecule has 0 aromatic carbocycles. The van der Waals surface area contributed by atoms with E-state index in [4.69, 9.17) is 10.5 Å². The van der Waals surface area contributed by atoms with E-state index in [1.165, 1.54) is 11.3 Å². The highest BCUT2D eigenvalue weighted by atomic mass is 32.1. The molecule has 2 rings (SSSR count). The van der Waals surface area contributed by atoms with Crippen molar-refractivity contribution in [3.8, 4) is 0 Å². The molecule has 7 heteroatoms. The number of hydrogen-bond acceptors (Lipinski definition) is 6. The summed E-state index contributed by atoms with van der Waals surface area (Å²) < 4.78 is 5.17. The summed E-state index contributed by atoms with van der Waals surface area (Å²) in [6.45, 7) is 3.68. The molecular formula is C13H15N3O3S. The maximum Gasteiger partial charge on any atom is 0.348 e. The Morgan fingerprint density at radius 3 is 2.85 bits per heavy atom. The van der Waals surface area contributed by atoms with Crippen LogP contribution in [0, 0.1) is 13.8 Å². The Kier molecular flexibility index (Phi) is 4.19.